The van der Waals surface area contributed by atoms with Crippen LogP contribution in [0.2, 0.25) is 0 Å². The van der Waals surface area contributed by atoms with Crippen LogP contribution in [0, 0.1) is 13.8 Å². The molecular formula is C12H12N2O3. The molecule has 0 radical (unpaired) electrons. The summed E-state index contributed by atoms with van der Waals surface area (Å²) in [7, 11) is 0. The third kappa shape index (κ3) is 1.99. The predicted octanol–water partition coefficient (Wildman–Crippen LogP) is 2.24. The Morgan fingerprint density at radius 1 is 1.35 bits per heavy atom. The number of anilines is 1. The molecule has 0 saturated carbocycles. The molecule has 0 spiro atoms. The number of aromatic nitrogens is 1. The van der Waals surface area contributed by atoms with E-state index < -0.39 is 5.97 Å². The minimum Gasteiger partial charge on any atom is -0.478 e. The van der Waals surface area contributed by atoms with Gasteiger partial charge >= 0.3 is 5.97 Å². The van der Waals surface area contributed by atoms with Crippen LogP contribution >= 0.6 is 0 Å². The molecule has 5 heteroatoms. The van der Waals surface area contributed by atoms with Gasteiger partial charge in [-0.3, -0.25) is 0 Å². The topological polar surface area (TPSA) is 89.3 Å². The molecule has 1 heterocycles. The van der Waals surface area contributed by atoms with Crippen molar-refractivity contribution in [2.24, 2.45) is 0 Å². The van der Waals surface area contributed by atoms with Gasteiger partial charge in [0.05, 0.1) is 5.56 Å². The number of carboxylic acid groups (broad SMARTS) is 1. The Hall–Kier alpha value is -2.30. The zero-order valence-corrected chi connectivity index (χ0v) is 9.52. The summed E-state index contributed by atoms with van der Waals surface area (Å²) < 4.78 is 4.79. The number of hydrogen-bond donors (Lipinski definition) is 2. The van der Waals surface area contributed by atoms with Gasteiger partial charge in [-0.25, -0.2) is 4.79 Å². The van der Waals surface area contributed by atoms with Gasteiger partial charge in [-0.2, -0.15) is 0 Å². The van der Waals surface area contributed by atoms with Crippen LogP contribution in [-0.2, 0) is 0 Å². The van der Waals surface area contributed by atoms with E-state index in [1.165, 1.54) is 0 Å². The number of carbonyl (C=O) groups is 1. The molecule has 0 fully saturated rings. The lowest BCUT2D eigenvalue weighted by atomic mass is 9.97. The highest BCUT2D eigenvalue weighted by Gasteiger charge is 2.13. The van der Waals surface area contributed by atoms with E-state index in [-0.39, 0.29) is 11.4 Å². The maximum Gasteiger partial charge on any atom is 0.335 e. The van der Waals surface area contributed by atoms with Gasteiger partial charge in [-0.05, 0) is 37.1 Å². The molecule has 1 aromatic carbocycles. The van der Waals surface area contributed by atoms with Crippen LogP contribution in [-0.4, -0.2) is 16.2 Å². The molecule has 0 amide bonds. The maximum atomic E-state index is 11.0. The summed E-state index contributed by atoms with van der Waals surface area (Å²) in [5.41, 5.74) is 8.81. The number of benzene rings is 1. The first-order valence-electron chi connectivity index (χ1n) is 5.06. The molecule has 88 valence electrons. The van der Waals surface area contributed by atoms with Crippen molar-refractivity contribution in [3.63, 3.8) is 0 Å². The molecule has 0 unspecified atom stereocenters. The van der Waals surface area contributed by atoms with E-state index in [9.17, 15) is 4.79 Å². The Bertz CT molecular complexity index is 587. The number of aryl methyl sites for hydroxylation is 1. The lowest BCUT2D eigenvalue weighted by molar-refractivity contribution is 0.0697. The van der Waals surface area contributed by atoms with Crippen molar-refractivity contribution < 1.29 is 14.4 Å². The van der Waals surface area contributed by atoms with E-state index in [2.05, 4.69) is 5.16 Å². The minimum atomic E-state index is -0.967. The smallest absolute Gasteiger partial charge is 0.335 e. The van der Waals surface area contributed by atoms with Crippen LogP contribution in [0.1, 0.15) is 21.5 Å². The lowest BCUT2D eigenvalue weighted by Gasteiger charge is -2.07. The van der Waals surface area contributed by atoms with Crippen molar-refractivity contribution in [2.45, 2.75) is 13.8 Å². The van der Waals surface area contributed by atoms with E-state index in [1.807, 2.05) is 13.8 Å². The highest BCUT2D eigenvalue weighted by molar-refractivity contribution is 5.90. The average molecular weight is 232 g/mol. The summed E-state index contributed by atoms with van der Waals surface area (Å²) in [5.74, 6) is -0.761. The molecule has 0 bridgehead atoms. The van der Waals surface area contributed by atoms with Gasteiger partial charge in [0.15, 0.2) is 0 Å². The van der Waals surface area contributed by atoms with Gasteiger partial charge in [0.2, 0.25) is 5.88 Å². The third-order valence-corrected chi connectivity index (χ3v) is 2.72. The van der Waals surface area contributed by atoms with Gasteiger partial charge in [0, 0.05) is 11.6 Å². The van der Waals surface area contributed by atoms with Crippen molar-refractivity contribution in [3.8, 4) is 11.3 Å². The maximum absolute atomic E-state index is 11.0. The first-order chi connectivity index (χ1) is 7.99. The number of aromatic carboxylic acids is 1. The Morgan fingerprint density at radius 2 is 2.06 bits per heavy atom. The van der Waals surface area contributed by atoms with Crippen molar-refractivity contribution in [2.75, 3.05) is 5.73 Å². The summed E-state index contributed by atoms with van der Waals surface area (Å²) in [6.45, 7) is 3.76. The van der Waals surface area contributed by atoms with Crippen molar-refractivity contribution in [3.05, 3.63) is 34.9 Å². The number of nitrogens with two attached hydrogens (primary N) is 1. The highest BCUT2D eigenvalue weighted by Crippen LogP contribution is 2.27. The fourth-order valence-corrected chi connectivity index (χ4v) is 1.67. The SMILES string of the molecule is Cc1cc(C(=O)O)cc(-c2cc(N)on2)c1C. The van der Waals surface area contributed by atoms with Crippen LogP contribution in [0.3, 0.4) is 0 Å². The molecule has 0 atom stereocenters. The second-order valence-corrected chi connectivity index (χ2v) is 3.89. The fourth-order valence-electron chi connectivity index (χ4n) is 1.67. The van der Waals surface area contributed by atoms with Crippen LogP contribution < -0.4 is 5.73 Å². The van der Waals surface area contributed by atoms with Crippen molar-refractivity contribution in [1.29, 1.82) is 0 Å². The molecular weight excluding hydrogens is 220 g/mol. The predicted molar refractivity (Wildman–Crippen MR) is 62.8 cm³/mol. The number of rotatable bonds is 2. The minimum absolute atomic E-state index is 0.206. The van der Waals surface area contributed by atoms with Gasteiger partial charge in [-0.1, -0.05) is 5.16 Å². The number of nitrogen functional groups attached to an aromatic ring is 1. The van der Waals surface area contributed by atoms with Crippen LogP contribution in [0.15, 0.2) is 22.7 Å². The first-order valence-corrected chi connectivity index (χ1v) is 5.06. The summed E-state index contributed by atoms with van der Waals surface area (Å²) >= 11 is 0. The molecule has 1 aromatic heterocycles. The highest BCUT2D eigenvalue weighted by atomic mass is 16.5. The molecule has 0 saturated heterocycles. The zero-order valence-electron chi connectivity index (χ0n) is 9.52. The largest absolute Gasteiger partial charge is 0.478 e. The van der Waals surface area contributed by atoms with Crippen molar-refractivity contribution >= 4 is 11.9 Å². The molecule has 2 aromatic rings. The first kappa shape index (κ1) is 11.2. The van der Waals surface area contributed by atoms with E-state index >= 15 is 0 Å². The Kier molecular flexibility index (Phi) is 2.59. The van der Waals surface area contributed by atoms with Crippen molar-refractivity contribution in [1.82, 2.24) is 5.16 Å². The molecule has 17 heavy (non-hydrogen) atoms. The van der Waals surface area contributed by atoms with Crippen LogP contribution in [0.25, 0.3) is 11.3 Å². The second-order valence-electron chi connectivity index (χ2n) is 3.89. The van der Waals surface area contributed by atoms with Gasteiger partial charge in [0.25, 0.3) is 0 Å². The van der Waals surface area contributed by atoms with Gasteiger partial charge < -0.3 is 15.4 Å². The standard InChI is InChI=1S/C12H12N2O3/c1-6-3-8(12(15)16)4-9(7(6)2)10-5-11(13)17-14-10/h3-5H,13H2,1-2H3,(H,15,16). The molecule has 2 rings (SSSR count). The Labute approximate surface area is 97.8 Å². The third-order valence-electron chi connectivity index (χ3n) is 2.72. The zero-order chi connectivity index (χ0) is 12.6. The summed E-state index contributed by atoms with van der Waals surface area (Å²) in [5, 5.41) is 12.8. The summed E-state index contributed by atoms with van der Waals surface area (Å²) in [6.07, 6.45) is 0. The normalized spacial score (nSPS) is 10.5. The molecule has 0 aliphatic carbocycles. The van der Waals surface area contributed by atoms with Crippen LogP contribution in [0.4, 0.5) is 5.88 Å². The van der Waals surface area contributed by atoms with Gasteiger partial charge in [0.1, 0.15) is 5.69 Å². The molecule has 3 N–H and O–H groups in total. The number of hydrogen-bond acceptors (Lipinski definition) is 4. The van der Waals surface area contributed by atoms with E-state index in [0.717, 1.165) is 16.7 Å². The fraction of sp³-hybridized carbons (Fsp3) is 0.167. The van der Waals surface area contributed by atoms with E-state index in [0.29, 0.717) is 5.69 Å². The average Bonchev–Trinajstić information content (AvgIpc) is 2.68. The molecule has 0 aliphatic rings. The Balaban J connectivity index is 2.64. The monoisotopic (exact) mass is 232 g/mol. The van der Waals surface area contributed by atoms with E-state index in [4.69, 9.17) is 15.4 Å². The quantitative estimate of drug-likeness (QED) is 0.828. The summed E-state index contributed by atoms with van der Waals surface area (Å²) in [4.78, 5) is 11.0. The number of carboxylic acids is 1. The lowest BCUT2D eigenvalue weighted by Crippen LogP contribution is -1.99. The second kappa shape index (κ2) is 3.93. The summed E-state index contributed by atoms with van der Waals surface area (Å²) in [6, 6.07) is 4.78. The number of nitrogens with zero attached hydrogens (tertiary/aromatic N) is 1. The van der Waals surface area contributed by atoms with Crippen LogP contribution in [0.5, 0.6) is 0 Å². The van der Waals surface area contributed by atoms with Gasteiger partial charge in [-0.15, -0.1) is 0 Å². The van der Waals surface area contributed by atoms with E-state index in [1.54, 1.807) is 18.2 Å². The molecule has 0 aliphatic heterocycles. The Morgan fingerprint density at radius 3 is 2.59 bits per heavy atom. The molecule has 5 nitrogen and oxygen atoms in total.